The topological polar surface area (TPSA) is 0 Å². The lowest BCUT2D eigenvalue weighted by atomic mass is 9.79. The summed E-state index contributed by atoms with van der Waals surface area (Å²) in [5, 5.41) is 8.21. The van der Waals surface area contributed by atoms with Gasteiger partial charge in [-0.25, -0.2) is 0 Å². The Bertz CT molecular complexity index is 2670. The minimum atomic E-state index is -0.390. The van der Waals surface area contributed by atoms with Crippen LogP contribution in [0, 0.1) is 0 Å². The van der Waals surface area contributed by atoms with Gasteiger partial charge < -0.3 is 0 Å². The molecule has 43 heavy (non-hydrogen) atoms. The van der Waals surface area contributed by atoms with E-state index in [1.54, 1.807) is 0 Å². The zero-order chi connectivity index (χ0) is 33.1. The summed E-state index contributed by atoms with van der Waals surface area (Å²) in [5.74, 6) is 0. The second-order valence-corrected chi connectivity index (χ2v) is 12.1. The molecular formula is C43H30. The van der Waals surface area contributed by atoms with Crippen molar-refractivity contribution in [3.63, 3.8) is 0 Å². The fraction of sp³-hybridized carbons (Fsp3) is 0.0698. The van der Waals surface area contributed by atoms with Crippen molar-refractivity contribution in [1.82, 2.24) is 0 Å². The van der Waals surface area contributed by atoms with Gasteiger partial charge in [-0.2, -0.15) is 0 Å². The molecule has 0 heterocycles. The van der Waals surface area contributed by atoms with Gasteiger partial charge in [-0.3, -0.25) is 0 Å². The molecule has 0 spiro atoms. The molecule has 202 valence electrons. The van der Waals surface area contributed by atoms with Crippen LogP contribution in [0.5, 0.6) is 0 Å². The third-order valence-corrected chi connectivity index (χ3v) is 9.49. The van der Waals surface area contributed by atoms with Gasteiger partial charge in [0.2, 0.25) is 0 Å². The number of hydrogen-bond donors (Lipinski definition) is 0. The molecule has 0 fully saturated rings. The van der Waals surface area contributed by atoms with E-state index in [4.69, 9.17) is 6.85 Å². The third-order valence-electron chi connectivity index (χ3n) is 9.49. The van der Waals surface area contributed by atoms with Crippen LogP contribution >= 0.6 is 0 Å². The fourth-order valence-corrected chi connectivity index (χ4v) is 7.67. The van der Waals surface area contributed by atoms with Crippen LogP contribution in [-0.2, 0) is 5.41 Å². The summed E-state index contributed by atoms with van der Waals surface area (Å²) in [5.41, 5.74) is 8.18. The molecule has 0 unspecified atom stereocenters. The second kappa shape index (κ2) is 8.90. The highest BCUT2D eigenvalue weighted by atomic mass is 14.4. The van der Waals surface area contributed by atoms with Gasteiger partial charge >= 0.3 is 0 Å². The lowest BCUT2D eigenvalue weighted by Gasteiger charge is -2.23. The summed E-state index contributed by atoms with van der Waals surface area (Å²) in [7, 11) is 0. The molecule has 1 aliphatic rings. The average Bonchev–Trinajstić information content (AvgIpc) is 3.35. The summed E-state index contributed by atoms with van der Waals surface area (Å²) < 4.78 is 43.2. The van der Waals surface area contributed by atoms with Gasteiger partial charge in [0, 0.05) is 5.41 Å². The number of rotatable bonds is 2. The quantitative estimate of drug-likeness (QED) is 0.148. The Morgan fingerprint density at radius 2 is 1.16 bits per heavy atom. The van der Waals surface area contributed by atoms with E-state index in [0.717, 1.165) is 43.4 Å². The normalized spacial score (nSPS) is 15.2. The Kier molecular flexibility index (Phi) is 4.11. The van der Waals surface area contributed by atoms with Gasteiger partial charge in [-0.1, -0.05) is 153 Å². The van der Waals surface area contributed by atoms with Crippen molar-refractivity contribution in [2.45, 2.75) is 19.3 Å². The molecule has 0 heteroatoms. The van der Waals surface area contributed by atoms with Crippen LogP contribution in [0.4, 0.5) is 0 Å². The van der Waals surface area contributed by atoms with Crippen molar-refractivity contribution in [2.75, 3.05) is 0 Å². The lowest BCUT2D eigenvalue weighted by Crippen LogP contribution is -2.15. The second-order valence-electron chi connectivity index (χ2n) is 12.1. The van der Waals surface area contributed by atoms with Crippen LogP contribution in [0.3, 0.4) is 0 Å². The summed E-state index contributed by atoms with van der Waals surface area (Å²) in [6, 6.07) is 39.0. The molecular weight excluding hydrogens is 516 g/mol. The van der Waals surface area contributed by atoms with Gasteiger partial charge in [0.15, 0.2) is 0 Å². The van der Waals surface area contributed by atoms with E-state index in [1.165, 1.54) is 33.0 Å². The molecule has 0 saturated heterocycles. The molecule has 8 aromatic rings. The maximum absolute atomic E-state index is 8.96. The molecule has 0 radical (unpaired) electrons. The minimum absolute atomic E-state index is 0.131. The molecule has 0 bridgehead atoms. The molecule has 0 aliphatic heterocycles. The Labute approximate surface area is 258 Å². The van der Waals surface area contributed by atoms with E-state index < -0.39 is 6.04 Å². The Morgan fingerprint density at radius 3 is 2.00 bits per heavy atom. The smallest absolute Gasteiger partial charge is 0.0622 e. The highest BCUT2D eigenvalue weighted by Gasteiger charge is 2.36. The Hall–Kier alpha value is -5.20. The molecule has 1 aliphatic carbocycles. The summed E-state index contributed by atoms with van der Waals surface area (Å²) in [6.45, 7) is 4.63. The van der Waals surface area contributed by atoms with Gasteiger partial charge in [0.1, 0.15) is 0 Å². The van der Waals surface area contributed by atoms with Crippen LogP contribution in [0.15, 0.2) is 145 Å². The van der Waals surface area contributed by atoms with E-state index >= 15 is 0 Å². The molecule has 0 amide bonds. The summed E-state index contributed by atoms with van der Waals surface area (Å²) >= 11 is 0. The van der Waals surface area contributed by atoms with Crippen molar-refractivity contribution in [2.24, 2.45) is 0 Å². The van der Waals surface area contributed by atoms with E-state index in [-0.39, 0.29) is 35.1 Å². The van der Waals surface area contributed by atoms with Crippen LogP contribution in [0.1, 0.15) is 31.8 Å². The SMILES string of the molecule is [2H]c1c([2H])c([2H])c(-c2c3ccccc3c(-c3ccc4c5c(ccc4c3)-c3ccccc3C5(C)C)c3c2ccc2ccccc23)c([2H])c1[2H]. The first-order valence-corrected chi connectivity index (χ1v) is 14.8. The van der Waals surface area contributed by atoms with Crippen LogP contribution in [-0.4, -0.2) is 0 Å². The zero-order valence-electron chi connectivity index (χ0n) is 29.0. The Morgan fingerprint density at radius 1 is 0.488 bits per heavy atom. The minimum Gasteiger partial charge on any atom is -0.0622 e. The monoisotopic (exact) mass is 551 g/mol. The van der Waals surface area contributed by atoms with E-state index in [0.29, 0.717) is 5.56 Å². The first-order chi connectivity index (χ1) is 23.2. The first-order valence-electron chi connectivity index (χ1n) is 17.3. The van der Waals surface area contributed by atoms with Crippen molar-refractivity contribution >= 4 is 43.1 Å². The van der Waals surface area contributed by atoms with Crippen molar-refractivity contribution < 1.29 is 6.85 Å². The first kappa shape index (κ1) is 19.8. The summed E-state index contributed by atoms with van der Waals surface area (Å²) in [6.07, 6.45) is 0. The molecule has 0 atom stereocenters. The van der Waals surface area contributed by atoms with Gasteiger partial charge in [-0.15, -0.1) is 0 Å². The molecule has 0 N–H and O–H groups in total. The van der Waals surface area contributed by atoms with Gasteiger partial charge in [0.25, 0.3) is 0 Å². The van der Waals surface area contributed by atoms with Crippen molar-refractivity contribution in [3.05, 3.63) is 157 Å². The summed E-state index contributed by atoms with van der Waals surface area (Å²) in [4.78, 5) is 0. The molecule has 0 aromatic heterocycles. The molecule has 0 saturated carbocycles. The highest BCUT2D eigenvalue weighted by molar-refractivity contribution is 6.28. The number of hydrogen-bond acceptors (Lipinski definition) is 0. The lowest BCUT2D eigenvalue weighted by molar-refractivity contribution is 0.666. The molecule has 8 aromatic carbocycles. The zero-order valence-corrected chi connectivity index (χ0v) is 24.0. The molecule has 0 nitrogen and oxygen atoms in total. The van der Waals surface area contributed by atoms with Crippen molar-refractivity contribution in [1.29, 1.82) is 0 Å². The van der Waals surface area contributed by atoms with E-state index in [9.17, 15) is 0 Å². The predicted octanol–water partition coefficient (Wildman–Crippen LogP) is 11.9. The fourth-order valence-electron chi connectivity index (χ4n) is 7.67. The highest BCUT2D eigenvalue weighted by Crippen LogP contribution is 2.52. The van der Waals surface area contributed by atoms with Crippen LogP contribution in [0.25, 0.3) is 76.5 Å². The maximum Gasteiger partial charge on any atom is 0.0629 e. The standard InChI is InChI=1S/C43H30/c1-43(2)38-19-11-10-16-33(38)36-24-21-29-26-30(22-23-32(29)42(36)43)40-35-18-9-8-17-34(35)39(28-13-4-3-5-14-28)37-25-20-27-12-6-7-15-31(27)41(37)40/h3-26H,1-2H3/i3D,4D,5D,13D,14D. The predicted molar refractivity (Wildman–Crippen MR) is 185 cm³/mol. The van der Waals surface area contributed by atoms with Crippen LogP contribution < -0.4 is 0 Å². The maximum atomic E-state index is 8.96. The Balaban J connectivity index is 1.42. The van der Waals surface area contributed by atoms with Crippen molar-refractivity contribution in [3.8, 4) is 33.4 Å². The van der Waals surface area contributed by atoms with E-state index in [2.05, 4.69) is 98.8 Å². The number of fused-ring (bicyclic) bond motifs is 9. The van der Waals surface area contributed by atoms with Gasteiger partial charge in [0.05, 0.1) is 6.85 Å². The number of benzene rings is 8. The average molecular weight is 552 g/mol. The van der Waals surface area contributed by atoms with Crippen LogP contribution in [0.2, 0.25) is 0 Å². The molecule has 9 rings (SSSR count). The largest absolute Gasteiger partial charge is 0.0629 e. The van der Waals surface area contributed by atoms with Gasteiger partial charge in [-0.05, 0) is 93.7 Å². The van der Waals surface area contributed by atoms with E-state index in [1.807, 2.05) is 30.3 Å². The third kappa shape index (κ3) is 3.38.